The van der Waals surface area contributed by atoms with Gasteiger partial charge in [-0.2, -0.15) is 0 Å². The van der Waals surface area contributed by atoms with Gasteiger partial charge in [0.1, 0.15) is 0 Å². The molecule has 1 aliphatic rings. The van der Waals surface area contributed by atoms with E-state index in [1.165, 1.54) is 19.3 Å². The smallest absolute Gasteiger partial charge is 0.0570 e. The van der Waals surface area contributed by atoms with Gasteiger partial charge in [-0.25, -0.2) is 0 Å². The zero-order valence-corrected chi connectivity index (χ0v) is 7.93. The lowest BCUT2D eigenvalue weighted by Gasteiger charge is -2.30. The van der Waals surface area contributed by atoms with Crippen LogP contribution in [0.3, 0.4) is 0 Å². The van der Waals surface area contributed by atoms with Gasteiger partial charge in [0.25, 0.3) is 0 Å². The molecule has 0 heterocycles. The molecule has 1 nitrogen and oxygen atoms in total. The number of hydrogen-bond acceptors (Lipinski definition) is 1. The number of aliphatic hydroxyl groups excluding tert-OH is 1. The molecule has 0 aliphatic heterocycles. The molecule has 0 radical (unpaired) electrons. The molecule has 1 saturated carbocycles. The lowest BCUT2D eigenvalue weighted by Crippen LogP contribution is -2.28. The Morgan fingerprint density at radius 1 is 1.55 bits per heavy atom. The predicted octanol–water partition coefficient (Wildman–Crippen LogP) is 2.58. The Morgan fingerprint density at radius 3 is 2.55 bits per heavy atom. The molecule has 2 atom stereocenters. The van der Waals surface area contributed by atoms with Gasteiger partial charge in [0.05, 0.1) is 6.10 Å². The standard InChI is InChI=1S/C10H20O/c1-4-9(11)8-6-5-7-10(8,2)3/h8-9,11H,4-7H2,1-3H3. The largest absolute Gasteiger partial charge is 0.393 e. The van der Waals surface area contributed by atoms with E-state index in [1.807, 2.05) is 0 Å². The molecule has 1 fully saturated rings. The van der Waals surface area contributed by atoms with Crippen LogP contribution < -0.4 is 0 Å². The summed E-state index contributed by atoms with van der Waals surface area (Å²) in [6.07, 6.45) is 4.66. The van der Waals surface area contributed by atoms with Crippen LogP contribution in [-0.2, 0) is 0 Å². The molecule has 1 aliphatic carbocycles. The zero-order valence-electron chi connectivity index (χ0n) is 7.93. The molecule has 66 valence electrons. The summed E-state index contributed by atoms with van der Waals surface area (Å²) in [6.45, 7) is 6.63. The maximum atomic E-state index is 9.69. The van der Waals surface area contributed by atoms with E-state index in [4.69, 9.17) is 0 Å². The summed E-state index contributed by atoms with van der Waals surface area (Å²) in [7, 11) is 0. The molecule has 0 spiro atoms. The first-order chi connectivity index (χ1) is 5.08. The average molecular weight is 156 g/mol. The fourth-order valence-electron chi connectivity index (χ4n) is 2.35. The quantitative estimate of drug-likeness (QED) is 0.651. The first kappa shape index (κ1) is 9.05. The fourth-order valence-corrected chi connectivity index (χ4v) is 2.35. The minimum atomic E-state index is -0.0625. The number of aliphatic hydroxyl groups is 1. The van der Waals surface area contributed by atoms with Gasteiger partial charge in [0.2, 0.25) is 0 Å². The van der Waals surface area contributed by atoms with Crippen LogP contribution >= 0.6 is 0 Å². The SMILES string of the molecule is CCC(O)C1CCCC1(C)C. The highest BCUT2D eigenvalue weighted by Gasteiger charge is 2.37. The van der Waals surface area contributed by atoms with E-state index in [2.05, 4.69) is 20.8 Å². The second-order valence-electron chi connectivity index (χ2n) is 4.46. The molecule has 0 amide bonds. The van der Waals surface area contributed by atoms with E-state index >= 15 is 0 Å². The van der Waals surface area contributed by atoms with Crippen LogP contribution in [0.25, 0.3) is 0 Å². The first-order valence-electron chi connectivity index (χ1n) is 4.76. The molecule has 0 aromatic carbocycles. The van der Waals surface area contributed by atoms with Crippen LogP contribution in [0.15, 0.2) is 0 Å². The Labute approximate surface area is 69.8 Å². The summed E-state index contributed by atoms with van der Waals surface area (Å²) < 4.78 is 0. The van der Waals surface area contributed by atoms with Crippen molar-refractivity contribution in [1.82, 2.24) is 0 Å². The van der Waals surface area contributed by atoms with Gasteiger partial charge in [0.15, 0.2) is 0 Å². The first-order valence-corrected chi connectivity index (χ1v) is 4.76. The van der Waals surface area contributed by atoms with E-state index in [0.29, 0.717) is 11.3 Å². The number of rotatable bonds is 2. The molecule has 1 heteroatoms. The van der Waals surface area contributed by atoms with Crippen molar-refractivity contribution in [3.8, 4) is 0 Å². The summed E-state index contributed by atoms with van der Waals surface area (Å²) >= 11 is 0. The molecule has 0 saturated heterocycles. The van der Waals surface area contributed by atoms with Gasteiger partial charge in [-0.05, 0) is 30.6 Å². The third-order valence-electron chi connectivity index (χ3n) is 3.22. The second kappa shape index (κ2) is 3.14. The Kier molecular flexibility index (Phi) is 2.58. The van der Waals surface area contributed by atoms with Gasteiger partial charge in [0, 0.05) is 0 Å². The van der Waals surface area contributed by atoms with E-state index in [0.717, 1.165) is 6.42 Å². The summed E-state index contributed by atoms with van der Waals surface area (Å²) in [5.74, 6) is 0.549. The van der Waals surface area contributed by atoms with Crippen molar-refractivity contribution in [2.45, 2.75) is 52.6 Å². The second-order valence-corrected chi connectivity index (χ2v) is 4.46. The van der Waals surface area contributed by atoms with Crippen molar-refractivity contribution >= 4 is 0 Å². The van der Waals surface area contributed by atoms with Gasteiger partial charge >= 0.3 is 0 Å². The van der Waals surface area contributed by atoms with Crippen LogP contribution in [0.1, 0.15) is 46.5 Å². The molecule has 1 N–H and O–H groups in total. The third-order valence-corrected chi connectivity index (χ3v) is 3.22. The van der Waals surface area contributed by atoms with Crippen LogP contribution in [0.5, 0.6) is 0 Å². The van der Waals surface area contributed by atoms with Crippen molar-refractivity contribution in [3.63, 3.8) is 0 Å². The topological polar surface area (TPSA) is 20.2 Å². The molecule has 0 aromatic rings. The molecule has 1 rings (SSSR count). The molecule has 11 heavy (non-hydrogen) atoms. The highest BCUT2D eigenvalue weighted by molar-refractivity contribution is 4.88. The summed E-state index contributed by atoms with van der Waals surface area (Å²) in [4.78, 5) is 0. The summed E-state index contributed by atoms with van der Waals surface area (Å²) in [5.41, 5.74) is 0.384. The van der Waals surface area contributed by atoms with Gasteiger partial charge in [-0.15, -0.1) is 0 Å². The Morgan fingerprint density at radius 2 is 2.18 bits per heavy atom. The summed E-state index contributed by atoms with van der Waals surface area (Å²) in [6, 6.07) is 0. The minimum absolute atomic E-state index is 0.0625. The van der Waals surface area contributed by atoms with Crippen molar-refractivity contribution in [2.75, 3.05) is 0 Å². The number of hydrogen-bond donors (Lipinski definition) is 1. The van der Waals surface area contributed by atoms with E-state index in [9.17, 15) is 5.11 Å². The maximum absolute atomic E-state index is 9.69. The zero-order chi connectivity index (χ0) is 8.48. The van der Waals surface area contributed by atoms with E-state index in [-0.39, 0.29) is 6.10 Å². The van der Waals surface area contributed by atoms with E-state index < -0.39 is 0 Å². The Bertz CT molecular complexity index is 129. The average Bonchev–Trinajstić information content (AvgIpc) is 2.28. The van der Waals surface area contributed by atoms with Crippen LogP contribution in [0.2, 0.25) is 0 Å². The molecule has 0 bridgehead atoms. The molecule has 2 unspecified atom stereocenters. The van der Waals surface area contributed by atoms with Gasteiger partial charge in [-0.1, -0.05) is 27.2 Å². The molecular weight excluding hydrogens is 136 g/mol. The van der Waals surface area contributed by atoms with Crippen LogP contribution in [0.4, 0.5) is 0 Å². The minimum Gasteiger partial charge on any atom is -0.393 e. The fraction of sp³-hybridized carbons (Fsp3) is 1.00. The lowest BCUT2D eigenvalue weighted by atomic mass is 9.78. The highest BCUT2D eigenvalue weighted by Crippen LogP contribution is 2.44. The van der Waals surface area contributed by atoms with Crippen LogP contribution in [0, 0.1) is 11.3 Å². The Balaban J connectivity index is 2.57. The van der Waals surface area contributed by atoms with Crippen molar-refractivity contribution in [3.05, 3.63) is 0 Å². The van der Waals surface area contributed by atoms with Crippen molar-refractivity contribution in [2.24, 2.45) is 11.3 Å². The van der Waals surface area contributed by atoms with E-state index in [1.54, 1.807) is 0 Å². The molecular formula is C10H20O. The van der Waals surface area contributed by atoms with Crippen molar-refractivity contribution < 1.29 is 5.11 Å². The summed E-state index contributed by atoms with van der Waals surface area (Å²) in [5, 5.41) is 9.69. The van der Waals surface area contributed by atoms with Gasteiger partial charge < -0.3 is 5.11 Å². The predicted molar refractivity (Wildman–Crippen MR) is 47.4 cm³/mol. The lowest BCUT2D eigenvalue weighted by molar-refractivity contribution is 0.0512. The monoisotopic (exact) mass is 156 g/mol. The normalized spacial score (nSPS) is 32.2. The maximum Gasteiger partial charge on any atom is 0.0570 e. The van der Waals surface area contributed by atoms with Crippen LogP contribution in [-0.4, -0.2) is 11.2 Å². The van der Waals surface area contributed by atoms with Crippen molar-refractivity contribution in [1.29, 1.82) is 0 Å². The highest BCUT2D eigenvalue weighted by atomic mass is 16.3. The molecule has 0 aromatic heterocycles. The van der Waals surface area contributed by atoms with Gasteiger partial charge in [-0.3, -0.25) is 0 Å². The third kappa shape index (κ3) is 1.76. The Hall–Kier alpha value is -0.0400.